The molecule has 0 aromatic carbocycles. The van der Waals surface area contributed by atoms with E-state index in [0.29, 0.717) is 13.0 Å². The van der Waals surface area contributed by atoms with E-state index in [-0.39, 0.29) is 5.28 Å². The van der Waals surface area contributed by atoms with Crippen molar-refractivity contribution in [3.63, 3.8) is 0 Å². The van der Waals surface area contributed by atoms with Crippen LogP contribution in [0.4, 0.5) is 5.82 Å². The van der Waals surface area contributed by atoms with Crippen molar-refractivity contribution in [1.29, 1.82) is 5.26 Å². The van der Waals surface area contributed by atoms with Crippen molar-refractivity contribution in [2.75, 3.05) is 18.0 Å². The molecule has 0 unspecified atom stereocenters. The fourth-order valence-corrected chi connectivity index (χ4v) is 1.73. The van der Waals surface area contributed by atoms with E-state index in [4.69, 9.17) is 16.9 Å². The van der Waals surface area contributed by atoms with Gasteiger partial charge in [-0.25, -0.2) is 4.98 Å². The lowest BCUT2D eigenvalue weighted by Gasteiger charge is -2.21. The van der Waals surface area contributed by atoms with Gasteiger partial charge in [0, 0.05) is 19.3 Å². The summed E-state index contributed by atoms with van der Waals surface area (Å²) in [7, 11) is 0. The molecule has 0 radical (unpaired) electrons. The average molecular weight is 290 g/mol. The van der Waals surface area contributed by atoms with E-state index in [9.17, 15) is 0 Å². The molecule has 0 atom stereocenters. The highest BCUT2D eigenvalue weighted by atomic mass is 79.9. The van der Waals surface area contributed by atoms with Crippen molar-refractivity contribution in [2.24, 2.45) is 0 Å². The van der Waals surface area contributed by atoms with Crippen molar-refractivity contribution in [2.45, 2.75) is 13.3 Å². The van der Waals surface area contributed by atoms with Gasteiger partial charge in [0.25, 0.3) is 0 Å². The first-order valence-electron chi connectivity index (χ1n) is 4.49. The molecule has 1 aromatic rings. The molecule has 0 N–H and O–H groups in total. The van der Waals surface area contributed by atoms with Crippen LogP contribution in [-0.2, 0) is 0 Å². The van der Waals surface area contributed by atoms with E-state index < -0.39 is 0 Å². The fraction of sp³-hybridized carbons (Fsp3) is 0.444. The number of hydrogen-bond acceptors (Lipinski definition) is 4. The highest BCUT2D eigenvalue weighted by Crippen LogP contribution is 2.24. The smallest absolute Gasteiger partial charge is 0.224 e. The summed E-state index contributed by atoms with van der Waals surface area (Å²) in [6, 6.07) is 2.10. The summed E-state index contributed by atoms with van der Waals surface area (Å²) in [4.78, 5) is 9.95. The summed E-state index contributed by atoms with van der Waals surface area (Å²) in [5.74, 6) is 0.729. The van der Waals surface area contributed by atoms with Crippen molar-refractivity contribution in [3.05, 3.63) is 16.0 Å². The first-order valence-corrected chi connectivity index (χ1v) is 5.66. The van der Waals surface area contributed by atoms with Crippen molar-refractivity contribution < 1.29 is 0 Å². The van der Waals surface area contributed by atoms with Crippen LogP contribution in [0.15, 0.2) is 10.7 Å². The average Bonchev–Trinajstić information content (AvgIpc) is 2.24. The van der Waals surface area contributed by atoms with Crippen molar-refractivity contribution in [1.82, 2.24) is 9.97 Å². The van der Waals surface area contributed by atoms with Crippen LogP contribution < -0.4 is 4.90 Å². The summed E-state index contributed by atoms with van der Waals surface area (Å²) in [5.41, 5.74) is 0. The number of aromatic nitrogens is 2. The topological polar surface area (TPSA) is 52.8 Å². The Morgan fingerprint density at radius 3 is 3.00 bits per heavy atom. The van der Waals surface area contributed by atoms with Crippen LogP contribution in [0.2, 0.25) is 5.28 Å². The maximum Gasteiger partial charge on any atom is 0.224 e. The first-order chi connectivity index (χ1) is 7.19. The number of anilines is 1. The molecule has 0 aliphatic carbocycles. The van der Waals surface area contributed by atoms with Crippen LogP contribution in [0.3, 0.4) is 0 Å². The van der Waals surface area contributed by atoms with Gasteiger partial charge in [-0.15, -0.1) is 0 Å². The molecule has 0 saturated heterocycles. The number of nitrogens with zero attached hydrogens (tertiary/aromatic N) is 4. The first kappa shape index (κ1) is 12.2. The van der Waals surface area contributed by atoms with Crippen LogP contribution in [0.5, 0.6) is 0 Å². The molecule has 0 aliphatic heterocycles. The molecule has 4 nitrogen and oxygen atoms in total. The van der Waals surface area contributed by atoms with Gasteiger partial charge in [-0.2, -0.15) is 10.2 Å². The van der Waals surface area contributed by atoms with Crippen LogP contribution >= 0.6 is 27.5 Å². The minimum Gasteiger partial charge on any atom is -0.355 e. The zero-order valence-electron chi connectivity index (χ0n) is 8.24. The molecule has 0 spiro atoms. The van der Waals surface area contributed by atoms with Gasteiger partial charge in [0.05, 0.1) is 17.0 Å². The van der Waals surface area contributed by atoms with Gasteiger partial charge in [-0.1, -0.05) is 0 Å². The third-order valence-electron chi connectivity index (χ3n) is 1.87. The Hall–Kier alpha value is -0.860. The number of nitriles is 1. The molecule has 15 heavy (non-hydrogen) atoms. The minimum absolute atomic E-state index is 0.212. The summed E-state index contributed by atoms with van der Waals surface area (Å²) in [5, 5.41) is 8.75. The van der Waals surface area contributed by atoms with Gasteiger partial charge in [0.15, 0.2) is 0 Å². The van der Waals surface area contributed by atoms with Gasteiger partial charge in [0.2, 0.25) is 5.28 Å². The Labute approximate surface area is 102 Å². The second-order valence-corrected chi connectivity index (χ2v) is 3.99. The highest BCUT2D eigenvalue weighted by Gasteiger charge is 2.10. The second kappa shape index (κ2) is 5.89. The van der Waals surface area contributed by atoms with Crippen LogP contribution in [-0.4, -0.2) is 23.1 Å². The Morgan fingerprint density at radius 2 is 2.40 bits per heavy atom. The molecule has 0 amide bonds. The molecule has 0 fully saturated rings. The lowest BCUT2D eigenvalue weighted by atomic mass is 10.4. The van der Waals surface area contributed by atoms with Crippen LogP contribution in [0.25, 0.3) is 0 Å². The quantitative estimate of drug-likeness (QED) is 0.800. The van der Waals surface area contributed by atoms with Gasteiger partial charge >= 0.3 is 0 Å². The molecule has 6 heteroatoms. The minimum atomic E-state index is 0.212. The van der Waals surface area contributed by atoms with E-state index in [1.807, 2.05) is 11.8 Å². The maximum absolute atomic E-state index is 8.53. The SMILES string of the molecule is CCN(CCC#N)c1nc(Cl)ncc1Br. The van der Waals surface area contributed by atoms with Crippen LogP contribution in [0.1, 0.15) is 13.3 Å². The van der Waals surface area contributed by atoms with E-state index in [1.54, 1.807) is 6.20 Å². The largest absolute Gasteiger partial charge is 0.355 e. The predicted molar refractivity (Wildman–Crippen MR) is 62.9 cm³/mol. The van der Waals surface area contributed by atoms with E-state index >= 15 is 0 Å². The third-order valence-corrected chi connectivity index (χ3v) is 2.61. The fourth-order valence-electron chi connectivity index (χ4n) is 1.16. The lowest BCUT2D eigenvalue weighted by Crippen LogP contribution is -2.25. The Bertz CT molecular complexity index is 377. The monoisotopic (exact) mass is 288 g/mol. The van der Waals surface area contributed by atoms with Gasteiger partial charge in [-0.3, -0.25) is 0 Å². The standard InChI is InChI=1S/C9H10BrClN4/c1-2-15(5-3-4-12)8-7(10)6-13-9(11)14-8/h6H,2-3,5H2,1H3. The zero-order valence-corrected chi connectivity index (χ0v) is 10.6. The van der Waals surface area contributed by atoms with Gasteiger partial charge in [-0.05, 0) is 34.5 Å². The number of rotatable bonds is 4. The predicted octanol–water partition coefficient (Wildman–Crippen LogP) is 2.63. The van der Waals surface area contributed by atoms with E-state index in [0.717, 1.165) is 16.8 Å². The zero-order chi connectivity index (χ0) is 11.3. The molecule has 0 aliphatic rings. The van der Waals surface area contributed by atoms with E-state index in [2.05, 4.69) is 32.0 Å². The molecule has 1 heterocycles. The molecular formula is C9H10BrClN4. The third kappa shape index (κ3) is 3.33. The molecule has 80 valence electrons. The molecule has 1 aromatic heterocycles. The van der Waals surface area contributed by atoms with Crippen molar-refractivity contribution in [3.8, 4) is 6.07 Å². The molecule has 0 bridgehead atoms. The molecule has 1 rings (SSSR count). The summed E-state index contributed by atoms with van der Waals surface area (Å²) < 4.78 is 0.784. The molecular weight excluding hydrogens is 279 g/mol. The summed E-state index contributed by atoms with van der Waals surface area (Å²) in [6.45, 7) is 3.41. The normalized spacial score (nSPS) is 9.73. The number of halogens is 2. The lowest BCUT2D eigenvalue weighted by molar-refractivity contribution is 0.804. The highest BCUT2D eigenvalue weighted by molar-refractivity contribution is 9.10. The maximum atomic E-state index is 8.53. The van der Waals surface area contributed by atoms with Gasteiger partial charge < -0.3 is 4.90 Å². The summed E-state index contributed by atoms with van der Waals surface area (Å²) in [6.07, 6.45) is 2.07. The second-order valence-electron chi connectivity index (χ2n) is 2.80. The van der Waals surface area contributed by atoms with Crippen molar-refractivity contribution >= 4 is 33.3 Å². The Morgan fingerprint density at radius 1 is 1.67 bits per heavy atom. The number of hydrogen-bond donors (Lipinski definition) is 0. The van der Waals surface area contributed by atoms with Crippen LogP contribution in [0, 0.1) is 11.3 Å². The van der Waals surface area contributed by atoms with Gasteiger partial charge in [0.1, 0.15) is 5.82 Å². The Balaban J connectivity index is 2.91. The Kier molecular flexibility index (Phi) is 4.79. The van der Waals surface area contributed by atoms with E-state index in [1.165, 1.54) is 0 Å². The molecule has 0 saturated carbocycles. The summed E-state index contributed by atoms with van der Waals surface area (Å²) >= 11 is 9.07.